The molecule has 1 aliphatic carbocycles. The average Bonchev–Trinajstić information content (AvgIpc) is 3.37. The summed E-state index contributed by atoms with van der Waals surface area (Å²) in [5.41, 5.74) is -1.59. The maximum atomic E-state index is 13.8. The molecule has 0 bridgehead atoms. The summed E-state index contributed by atoms with van der Waals surface area (Å²) in [5.74, 6) is 3.66. The fourth-order valence-electron chi connectivity index (χ4n) is 4.74. The van der Waals surface area contributed by atoms with Crippen molar-refractivity contribution in [1.29, 1.82) is 0 Å². The van der Waals surface area contributed by atoms with Crippen LogP contribution in [0, 0.1) is 0 Å². The molecule has 0 saturated carbocycles. The number of hydrogen-bond donors (Lipinski definition) is 1. The van der Waals surface area contributed by atoms with Crippen LogP contribution in [0.5, 0.6) is 0 Å². The Labute approximate surface area is 179 Å². The number of carbonyl (C=O) groups excluding carboxylic acids is 2. The zero-order valence-electron chi connectivity index (χ0n) is 16.5. The first kappa shape index (κ1) is 20.5. The second-order valence-electron chi connectivity index (χ2n) is 7.31. The molecule has 31 heavy (non-hydrogen) atoms. The van der Waals surface area contributed by atoms with Crippen LogP contribution in [0.25, 0.3) is 0 Å². The molecule has 5 heteroatoms. The van der Waals surface area contributed by atoms with Crippen LogP contribution in [-0.2, 0) is 9.59 Å². The summed E-state index contributed by atoms with van der Waals surface area (Å²) >= 11 is 0. The minimum atomic E-state index is -4.46. The zero-order chi connectivity index (χ0) is 21.9. The van der Waals surface area contributed by atoms with Gasteiger partial charge in [0.15, 0.2) is 0 Å². The number of allylic oxidation sites excluding steroid dienone is 4. The number of carbonyl (C=O) groups is 1. The van der Waals surface area contributed by atoms with Crippen LogP contribution in [0.3, 0.4) is 0 Å². The van der Waals surface area contributed by atoms with Crippen molar-refractivity contribution < 1.29 is 19.5 Å². The monoisotopic (exact) mass is 426 g/mol. The minimum absolute atomic E-state index is 0.000526. The van der Waals surface area contributed by atoms with Crippen LogP contribution in [0.2, 0.25) is 0 Å². The fraction of sp³-hybridized carbons (Fsp3) is 0.0385. The van der Waals surface area contributed by atoms with E-state index in [1.165, 1.54) is 6.07 Å². The third-order valence-electron chi connectivity index (χ3n) is 6.06. The molecule has 0 spiro atoms. The zero-order valence-corrected chi connectivity index (χ0v) is 17.4. The molecule has 4 nitrogen and oxygen atoms in total. The predicted molar refractivity (Wildman–Crippen MR) is 124 cm³/mol. The van der Waals surface area contributed by atoms with Crippen LogP contribution in [-0.4, -0.2) is 28.4 Å². The Morgan fingerprint density at radius 1 is 0.742 bits per heavy atom. The van der Waals surface area contributed by atoms with Crippen molar-refractivity contribution in [2.75, 3.05) is 0 Å². The van der Waals surface area contributed by atoms with E-state index in [1.807, 2.05) is 42.4 Å². The van der Waals surface area contributed by atoms with E-state index in [0.717, 1.165) is 0 Å². The molecule has 0 amide bonds. The Balaban J connectivity index is 2.44. The standard InChI is InChI=1S/C26H19O4P/c27-18-20-10-9-17-25(24(20)19-28)31(26(29)30,23-15-7-8-16-23,21-11-3-1-4-12-21)22-13-5-2-6-14-22/h1-17,23H,(H,29,30). The summed E-state index contributed by atoms with van der Waals surface area (Å²) in [6, 6.07) is 22.7. The summed E-state index contributed by atoms with van der Waals surface area (Å²) < 4.78 is 0. The van der Waals surface area contributed by atoms with Gasteiger partial charge in [-0.3, -0.25) is 0 Å². The van der Waals surface area contributed by atoms with Crippen LogP contribution >= 0.6 is 6.60 Å². The van der Waals surface area contributed by atoms with Crippen molar-refractivity contribution in [2.45, 2.75) is 5.66 Å². The molecule has 3 aromatic rings. The third-order valence-corrected chi connectivity index (χ3v) is 12.5. The van der Waals surface area contributed by atoms with Gasteiger partial charge in [-0.2, -0.15) is 0 Å². The Hall–Kier alpha value is -3.80. The van der Waals surface area contributed by atoms with E-state index in [-0.39, 0.29) is 10.4 Å². The topological polar surface area (TPSA) is 71.4 Å². The van der Waals surface area contributed by atoms with E-state index in [0.29, 0.717) is 15.9 Å². The van der Waals surface area contributed by atoms with E-state index < -0.39 is 18.0 Å². The quantitative estimate of drug-likeness (QED) is 0.631. The molecule has 0 aliphatic heterocycles. The van der Waals surface area contributed by atoms with Crippen LogP contribution in [0.4, 0.5) is 4.79 Å². The Morgan fingerprint density at radius 2 is 1.29 bits per heavy atom. The van der Waals surface area contributed by atoms with Gasteiger partial charge in [0, 0.05) is 0 Å². The van der Waals surface area contributed by atoms with E-state index in [4.69, 9.17) is 0 Å². The molecule has 0 unspecified atom stereocenters. The van der Waals surface area contributed by atoms with Gasteiger partial charge < -0.3 is 0 Å². The molecular formula is C26H19O4P. The molecule has 0 aromatic heterocycles. The molecule has 1 aliphatic rings. The van der Waals surface area contributed by atoms with E-state index in [2.05, 4.69) is 0 Å². The van der Waals surface area contributed by atoms with Gasteiger partial charge in [-0.15, -0.1) is 0 Å². The Morgan fingerprint density at radius 3 is 1.74 bits per heavy atom. The van der Waals surface area contributed by atoms with Crippen molar-refractivity contribution in [3.05, 3.63) is 114 Å². The van der Waals surface area contributed by atoms with Gasteiger partial charge in [-0.1, -0.05) is 0 Å². The van der Waals surface area contributed by atoms with E-state index in [9.17, 15) is 19.5 Å². The van der Waals surface area contributed by atoms with Crippen LogP contribution in [0.1, 0.15) is 0 Å². The van der Waals surface area contributed by atoms with Gasteiger partial charge in [0.1, 0.15) is 0 Å². The summed E-state index contributed by atoms with van der Waals surface area (Å²) in [6.07, 6.45) is 7.36. The molecule has 152 valence electrons. The maximum absolute atomic E-state index is 13.8. The predicted octanol–water partition coefficient (Wildman–Crippen LogP) is 1.70. The molecule has 0 heterocycles. The second-order valence-corrected chi connectivity index (χ2v) is 12.2. The molecule has 4 rings (SSSR count). The van der Waals surface area contributed by atoms with Crippen LogP contribution in [0.15, 0.2) is 103 Å². The number of hydrogen-bond acceptors (Lipinski definition) is 3. The van der Waals surface area contributed by atoms with Crippen molar-refractivity contribution >= 4 is 40.1 Å². The number of carboxylic acid groups (broad SMARTS) is 1. The first-order valence-corrected chi connectivity index (χ1v) is 12.0. The first-order chi connectivity index (χ1) is 15.1. The molecular weight excluding hydrogens is 407 g/mol. The van der Waals surface area contributed by atoms with Gasteiger partial charge in [-0.25, -0.2) is 0 Å². The molecule has 0 fully saturated rings. The molecule has 0 saturated heterocycles. The molecule has 0 atom stereocenters. The summed E-state index contributed by atoms with van der Waals surface area (Å²) in [6.45, 7) is -4.46. The Kier molecular flexibility index (Phi) is 5.15. The van der Waals surface area contributed by atoms with Crippen LogP contribution < -0.4 is 26.4 Å². The molecule has 3 aromatic carbocycles. The second kappa shape index (κ2) is 7.80. The van der Waals surface area contributed by atoms with Gasteiger partial charge in [0.05, 0.1) is 0 Å². The third kappa shape index (κ3) is 2.57. The number of rotatable bonds is 5. The van der Waals surface area contributed by atoms with Crippen molar-refractivity contribution in [3.8, 4) is 0 Å². The van der Waals surface area contributed by atoms with Crippen molar-refractivity contribution in [3.63, 3.8) is 0 Å². The molecule has 1 N–H and O–H groups in total. The van der Waals surface area contributed by atoms with Gasteiger partial charge in [0.25, 0.3) is 0 Å². The first-order valence-electron chi connectivity index (χ1n) is 9.72. The SMILES string of the molecule is O=C=c1cccc(P(C(=O)O)(c2ccccc2)(c2ccccc2)C2C=CC=C2)c1=C=O. The summed E-state index contributed by atoms with van der Waals surface area (Å²) in [7, 11) is 0. The van der Waals surface area contributed by atoms with Gasteiger partial charge in [0.2, 0.25) is 0 Å². The normalized spacial score (nSPS) is 14.4. The number of benzene rings is 3. The summed E-state index contributed by atoms with van der Waals surface area (Å²) in [4.78, 5) is 37.6. The van der Waals surface area contributed by atoms with E-state index >= 15 is 0 Å². The average molecular weight is 426 g/mol. The van der Waals surface area contributed by atoms with Crippen molar-refractivity contribution in [1.82, 2.24) is 0 Å². The Bertz CT molecular complexity index is 1330. The van der Waals surface area contributed by atoms with E-state index in [1.54, 1.807) is 66.6 Å². The fourth-order valence-corrected chi connectivity index (χ4v) is 11.0. The summed E-state index contributed by atoms with van der Waals surface area (Å²) in [5, 5.41) is 12.7. The van der Waals surface area contributed by atoms with Crippen molar-refractivity contribution in [2.24, 2.45) is 0 Å². The van der Waals surface area contributed by atoms with Gasteiger partial charge >= 0.3 is 179 Å². The molecule has 0 radical (unpaired) electrons. The van der Waals surface area contributed by atoms with Gasteiger partial charge in [-0.05, 0) is 0 Å².